The Morgan fingerprint density at radius 1 is 1.22 bits per heavy atom. The standard InChI is InChI=1S/C15H18N2S/c1-11-2-4-12(5-3-11)8-16-9-14-10-18-15(17-14)13-6-7-13/h2-5,10,13,16H,6-9H2,1H3. The molecular formula is C15H18N2S. The molecule has 2 aromatic rings. The molecule has 1 heterocycles. The van der Waals surface area contributed by atoms with E-state index in [-0.39, 0.29) is 0 Å². The van der Waals surface area contributed by atoms with Gasteiger partial charge >= 0.3 is 0 Å². The lowest BCUT2D eigenvalue weighted by molar-refractivity contribution is 0.680. The summed E-state index contributed by atoms with van der Waals surface area (Å²) in [5.41, 5.74) is 3.83. The highest BCUT2D eigenvalue weighted by Gasteiger charge is 2.26. The van der Waals surface area contributed by atoms with Gasteiger partial charge in [-0.05, 0) is 25.3 Å². The summed E-state index contributed by atoms with van der Waals surface area (Å²) in [6.07, 6.45) is 2.67. The normalized spacial score (nSPS) is 14.9. The molecule has 1 aliphatic carbocycles. The average molecular weight is 258 g/mol. The van der Waals surface area contributed by atoms with Crippen LogP contribution in [-0.2, 0) is 13.1 Å². The van der Waals surface area contributed by atoms with E-state index in [4.69, 9.17) is 0 Å². The molecule has 3 heteroatoms. The van der Waals surface area contributed by atoms with Crippen molar-refractivity contribution in [3.63, 3.8) is 0 Å². The Morgan fingerprint density at radius 3 is 2.72 bits per heavy atom. The number of rotatable bonds is 5. The molecule has 1 aliphatic rings. The van der Waals surface area contributed by atoms with Gasteiger partial charge in [-0.2, -0.15) is 0 Å². The Balaban J connectivity index is 1.49. The summed E-state index contributed by atoms with van der Waals surface area (Å²) in [4.78, 5) is 4.67. The Kier molecular flexibility index (Phi) is 3.43. The number of aromatic nitrogens is 1. The SMILES string of the molecule is Cc1ccc(CNCc2csc(C3CC3)n2)cc1. The van der Waals surface area contributed by atoms with Crippen molar-refractivity contribution in [1.82, 2.24) is 10.3 Å². The lowest BCUT2D eigenvalue weighted by Crippen LogP contribution is -2.12. The second kappa shape index (κ2) is 5.21. The van der Waals surface area contributed by atoms with E-state index in [2.05, 4.69) is 46.9 Å². The van der Waals surface area contributed by atoms with Gasteiger partial charge in [0.2, 0.25) is 0 Å². The van der Waals surface area contributed by atoms with Crippen LogP contribution < -0.4 is 5.32 Å². The third-order valence-electron chi connectivity index (χ3n) is 3.25. The van der Waals surface area contributed by atoms with Crippen molar-refractivity contribution >= 4 is 11.3 Å². The van der Waals surface area contributed by atoms with Crippen LogP contribution in [0.15, 0.2) is 29.6 Å². The van der Waals surface area contributed by atoms with Crippen molar-refractivity contribution in [2.45, 2.75) is 38.8 Å². The smallest absolute Gasteiger partial charge is 0.0959 e. The molecule has 0 bridgehead atoms. The van der Waals surface area contributed by atoms with Crippen molar-refractivity contribution in [2.24, 2.45) is 0 Å². The number of benzene rings is 1. The van der Waals surface area contributed by atoms with Crippen molar-refractivity contribution < 1.29 is 0 Å². The van der Waals surface area contributed by atoms with Crippen molar-refractivity contribution in [3.8, 4) is 0 Å². The van der Waals surface area contributed by atoms with Crippen LogP contribution in [0.4, 0.5) is 0 Å². The van der Waals surface area contributed by atoms with Gasteiger partial charge in [0.1, 0.15) is 0 Å². The van der Waals surface area contributed by atoms with Crippen molar-refractivity contribution in [3.05, 3.63) is 51.5 Å². The quantitative estimate of drug-likeness (QED) is 0.886. The maximum absolute atomic E-state index is 4.67. The predicted octanol–water partition coefficient (Wildman–Crippen LogP) is 3.62. The van der Waals surface area contributed by atoms with E-state index in [9.17, 15) is 0 Å². The second-order valence-electron chi connectivity index (χ2n) is 5.04. The maximum atomic E-state index is 4.67. The fourth-order valence-electron chi connectivity index (χ4n) is 1.96. The van der Waals surface area contributed by atoms with Gasteiger partial charge in [-0.1, -0.05) is 29.8 Å². The van der Waals surface area contributed by atoms with Crippen LogP contribution in [0.25, 0.3) is 0 Å². The minimum Gasteiger partial charge on any atom is -0.307 e. The molecule has 0 saturated heterocycles. The number of hydrogen-bond acceptors (Lipinski definition) is 3. The van der Waals surface area contributed by atoms with E-state index in [0.29, 0.717) is 0 Å². The van der Waals surface area contributed by atoms with E-state index >= 15 is 0 Å². The van der Waals surface area contributed by atoms with Gasteiger partial charge in [0.25, 0.3) is 0 Å². The molecular weight excluding hydrogens is 240 g/mol. The minimum absolute atomic E-state index is 0.779. The molecule has 18 heavy (non-hydrogen) atoms. The van der Waals surface area contributed by atoms with Crippen molar-refractivity contribution in [2.75, 3.05) is 0 Å². The predicted molar refractivity (Wildman–Crippen MR) is 75.8 cm³/mol. The van der Waals surface area contributed by atoms with E-state index in [0.717, 1.165) is 19.0 Å². The summed E-state index contributed by atoms with van der Waals surface area (Å²) in [6, 6.07) is 8.67. The first-order chi connectivity index (χ1) is 8.81. The summed E-state index contributed by atoms with van der Waals surface area (Å²) in [6.45, 7) is 3.90. The van der Waals surface area contributed by atoms with Gasteiger partial charge in [-0.25, -0.2) is 4.98 Å². The third kappa shape index (κ3) is 2.98. The van der Waals surface area contributed by atoms with Crippen LogP contribution in [0.5, 0.6) is 0 Å². The summed E-state index contributed by atoms with van der Waals surface area (Å²) < 4.78 is 0. The van der Waals surface area contributed by atoms with Gasteiger partial charge in [-0.3, -0.25) is 0 Å². The first-order valence-electron chi connectivity index (χ1n) is 6.52. The topological polar surface area (TPSA) is 24.9 Å². The van der Waals surface area contributed by atoms with Crippen LogP contribution in [0, 0.1) is 6.92 Å². The highest BCUT2D eigenvalue weighted by atomic mass is 32.1. The number of aryl methyl sites for hydroxylation is 1. The largest absolute Gasteiger partial charge is 0.307 e. The molecule has 0 atom stereocenters. The van der Waals surface area contributed by atoms with E-state index in [1.807, 2.05) is 11.3 Å². The van der Waals surface area contributed by atoms with Gasteiger partial charge in [0.05, 0.1) is 10.7 Å². The second-order valence-corrected chi connectivity index (χ2v) is 5.93. The van der Waals surface area contributed by atoms with Crippen LogP contribution >= 0.6 is 11.3 Å². The van der Waals surface area contributed by atoms with Crippen LogP contribution in [0.2, 0.25) is 0 Å². The number of thiazole rings is 1. The number of hydrogen-bond donors (Lipinski definition) is 1. The average Bonchev–Trinajstić information content (AvgIpc) is 3.12. The lowest BCUT2D eigenvalue weighted by Gasteiger charge is -2.03. The summed E-state index contributed by atoms with van der Waals surface area (Å²) in [5, 5.41) is 6.98. The van der Waals surface area contributed by atoms with Gasteiger partial charge in [0, 0.05) is 24.4 Å². The molecule has 2 nitrogen and oxygen atoms in total. The number of nitrogens with zero attached hydrogens (tertiary/aromatic N) is 1. The summed E-state index contributed by atoms with van der Waals surface area (Å²) in [7, 11) is 0. The van der Waals surface area contributed by atoms with Crippen LogP contribution in [0.1, 0.15) is 40.6 Å². The number of nitrogens with one attached hydrogen (secondary N) is 1. The molecule has 1 fully saturated rings. The molecule has 0 amide bonds. The van der Waals surface area contributed by atoms with E-state index in [1.54, 1.807) is 0 Å². The fraction of sp³-hybridized carbons (Fsp3) is 0.400. The zero-order chi connectivity index (χ0) is 12.4. The molecule has 1 aromatic carbocycles. The van der Waals surface area contributed by atoms with Gasteiger partial charge in [0.15, 0.2) is 0 Å². The van der Waals surface area contributed by atoms with Gasteiger partial charge in [-0.15, -0.1) is 11.3 Å². The molecule has 3 rings (SSSR count). The fourth-order valence-corrected chi connectivity index (χ4v) is 2.95. The molecule has 1 N–H and O–H groups in total. The van der Waals surface area contributed by atoms with Crippen molar-refractivity contribution in [1.29, 1.82) is 0 Å². The van der Waals surface area contributed by atoms with E-state index in [1.165, 1.54) is 34.7 Å². The lowest BCUT2D eigenvalue weighted by atomic mass is 10.1. The Bertz CT molecular complexity index is 512. The van der Waals surface area contributed by atoms with Gasteiger partial charge < -0.3 is 5.32 Å². The summed E-state index contributed by atoms with van der Waals surface area (Å²) in [5.74, 6) is 0.779. The first kappa shape index (κ1) is 11.9. The molecule has 1 saturated carbocycles. The maximum Gasteiger partial charge on any atom is 0.0959 e. The van der Waals surface area contributed by atoms with Crippen LogP contribution in [-0.4, -0.2) is 4.98 Å². The zero-order valence-electron chi connectivity index (χ0n) is 10.6. The Morgan fingerprint density at radius 2 is 2.00 bits per heavy atom. The molecule has 0 unspecified atom stereocenters. The monoisotopic (exact) mass is 258 g/mol. The first-order valence-corrected chi connectivity index (χ1v) is 7.40. The zero-order valence-corrected chi connectivity index (χ0v) is 11.5. The minimum atomic E-state index is 0.779. The Labute approximate surface area is 112 Å². The highest BCUT2D eigenvalue weighted by molar-refractivity contribution is 7.09. The van der Waals surface area contributed by atoms with Crippen LogP contribution in [0.3, 0.4) is 0 Å². The third-order valence-corrected chi connectivity index (χ3v) is 4.31. The van der Waals surface area contributed by atoms with E-state index < -0.39 is 0 Å². The molecule has 0 spiro atoms. The molecule has 1 aromatic heterocycles. The molecule has 0 radical (unpaired) electrons. The Hall–Kier alpha value is -1.19. The molecule has 0 aliphatic heterocycles. The molecule has 94 valence electrons. The summed E-state index contributed by atoms with van der Waals surface area (Å²) >= 11 is 1.82. The highest BCUT2D eigenvalue weighted by Crippen LogP contribution is 2.41.